The van der Waals surface area contributed by atoms with Crippen LogP contribution in [-0.4, -0.2) is 30.6 Å². The lowest BCUT2D eigenvalue weighted by atomic mass is 10.3. The van der Waals surface area contributed by atoms with Crippen molar-refractivity contribution in [1.29, 1.82) is 0 Å². The van der Waals surface area contributed by atoms with Crippen molar-refractivity contribution < 1.29 is 0 Å². The van der Waals surface area contributed by atoms with Crippen molar-refractivity contribution in [2.24, 2.45) is 0 Å². The minimum Gasteiger partial charge on any atom is -0.310 e. The van der Waals surface area contributed by atoms with E-state index in [0.29, 0.717) is 6.04 Å². The van der Waals surface area contributed by atoms with Crippen LogP contribution in [-0.2, 0) is 0 Å². The minimum absolute atomic E-state index is 0.698. The largest absolute Gasteiger partial charge is 0.310 e. The quantitative estimate of drug-likeness (QED) is 0.550. The second-order valence-corrected chi connectivity index (χ2v) is 2.75. The summed E-state index contributed by atoms with van der Waals surface area (Å²) in [5.74, 6) is 0. The Balaban J connectivity index is 2.23. The first-order chi connectivity index (χ1) is 4.30. The molecule has 0 aromatic heterocycles. The smallest absolute Gasteiger partial charge is 0.0362 e. The zero-order chi connectivity index (χ0) is 6.69. The van der Waals surface area contributed by atoms with Gasteiger partial charge in [0.15, 0.2) is 0 Å². The van der Waals surface area contributed by atoms with E-state index in [1.165, 1.54) is 6.54 Å². The summed E-state index contributed by atoms with van der Waals surface area (Å²) in [6.45, 7) is 9.99. The predicted octanol–water partition coefficient (Wildman–Crippen LogP) is 0.462. The van der Waals surface area contributed by atoms with E-state index in [1.807, 2.05) is 0 Å². The van der Waals surface area contributed by atoms with Crippen LogP contribution in [0.5, 0.6) is 0 Å². The first-order valence-electron chi connectivity index (χ1n) is 3.60. The molecular formula is C7H15N2. The van der Waals surface area contributed by atoms with Crippen LogP contribution < -0.4 is 5.32 Å². The summed E-state index contributed by atoms with van der Waals surface area (Å²) < 4.78 is 0. The van der Waals surface area contributed by atoms with Crippen LogP contribution in [0.15, 0.2) is 0 Å². The standard InChI is InChI=1S/C7H15N2/c1-7(2)9-5-3-8-4-6-9/h3,7-8H,4-6H2,1-2H3. The molecule has 9 heavy (non-hydrogen) atoms. The van der Waals surface area contributed by atoms with E-state index in [1.54, 1.807) is 0 Å². The normalized spacial score (nSPS) is 23.0. The number of hydrogen-bond acceptors (Lipinski definition) is 2. The predicted molar refractivity (Wildman–Crippen MR) is 39.0 cm³/mol. The van der Waals surface area contributed by atoms with E-state index in [0.717, 1.165) is 13.1 Å². The van der Waals surface area contributed by atoms with Crippen LogP contribution in [0, 0.1) is 6.54 Å². The maximum Gasteiger partial charge on any atom is 0.0362 e. The lowest BCUT2D eigenvalue weighted by molar-refractivity contribution is 0.214. The Kier molecular flexibility index (Phi) is 2.49. The molecule has 1 aliphatic heterocycles. The summed E-state index contributed by atoms with van der Waals surface area (Å²) >= 11 is 0. The molecule has 0 atom stereocenters. The summed E-state index contributed by atoms with van der Waals surface area (Å²) in [6.07, 6.45) is 0. The summed E-state index contributed by atoms with van der Waals surface area (Å²) in [7, 11) is 0. The third kappa shape index (κ3) is 1.95. The molecule has 0 saturated carbocycles. The highest BCUT2D eigenvalue weighted by Gasteiger charge is 2.11. The van der Waals surface area contributed by atoms with Crippen LogP contribution in [0.3, 0.4) is 0 Å². The van der Waals surface area contributed by atoms with Crippen molar-refractivity contribution >= 4 is 0 Å². The molecule has 1 radical (unpaired) electrons. The van der Waals surface area contributed by atoms with Crippen molar-refractivity contribution in [3.8, 4) is 0 Å². The van der Waals surface area contributed by atoms with Crippen molar-refractivity contribution in [3.05, 3.63) is 6.54 Å². The van der Waals surface area contributed by atoms with Gasteiger partial charge in [-0.1, -0.05) is 0 Å². The molecule has 1 rings (SSSR count). The molecule has 53 valence electrons. The van der Waals surface area contributed by atoms with Crippen LogP contribution in [0.4, 0.5) is 0 Å². The van der Waals surface area contributed by atoms with Gasteiger partial charge in [-0.05, 0) is 13.8 Å². The summed E-state index contributed by atoms with van der Waals surface area (Å²) in [4.78, 5) is 2.44. The second-order valence-electron chi connectivity index (χ2n) is 2.75. The van der Waals surface area contributed by atoms with Gasteiger partial charge < -0.3 is 5.32 Å². The van der Waals surface area contributed by atoms with Gasteiger partial charge in [0, 0.05) is 32.2 Å². The minimum atomic E-state index is 0.698. The summed E-state index contributed by atoms with van der Waals surface area (Å²) in [5.41, 5.74) is 0. The number of piperazine rings is 1. The molecule has 0 bridgehead atoms. The van der Waals surface area contributed by atoms with Crippen LogP contribution in [0.1, 0.15) is 13.8 Å². The zero-order valence-electron chi connectivity index (χ0n) is 6.22. The molecule has 0 amide bonds. The van der Waals surface area contributed by atoms with Crippen molar-refractivity contribution in [3.63, 3.8) is 0 Å². The molecule has 0 aromatic carbocycles. The van der Waals surface area contributed by atoms with E-state index in [4.69, 9.17) is 0 Å². The van der Waals surface area contributed by atoms with Gasteiger partial charge in [0.05, 0.1) is 0 Å². The fourth-order valence-electron chi connectivity index (χ4n) is 1.05. The molecule has 1 N–H and O–H groups in total. The Hall–Kier alpha value is -0.0800. The van der Waals surface area contributed by atoms with E-state index in [-0.39, 0.29) is 0 Å². The Labute approximate surface area is 57.2 Å². The average molecular weight is 127 g/mol. The van der Waals surface area contributed by atoms with Gasteiger partial charge in [-0.2, -0.15) is 0 Å². The molecule has 2 nitrogen and oxygen atoms in total. The molecule has 0 aliphatic carbocycles. The van der Waals surface area contributed by atoms with Gasteiger partial charge >= 0.3 is 0 Å². The third-order valence-corrected chi connectivity index (χ3v) is 1.74. The van der Waals surface area contributed by atoms with Gasteiger partial charge in [-0.25, -0.2) is 0 Å². The highest BCUT2D eigenvalue weighted by molar-refractivity contribution is 4.77. The first-order valence-corrected chi connectivity index (χ1v) is 3.60. The van der Waals surface area contributed by atoms with Crippen LogP contribution in [0.2, 0.25) is 0 Å². The van der Waals surface area contributed by atoms with Crippen molar-refractivity contribution in [2.45, 2.75) is 19.9 Å². The highest BCUT2D eigenvalue weighted by atomic mass is 15.2. The lowest BCUT2D eigenvalue weighted by Crippen LogP contribution is -2.43. The average Bonchev–Trinajstić information content (AvgIpc) is 1.90. The lowest BCUT2D eigenvalue weighted by Gasteiger charge is -2.30. The molecule has 1 aliphatic rings. The summed E-state index contributed by atoms with van der Waals surface area (Å²) in [6, 6.07) is 0.698. The Morgan fingerprint density at radius 2 is 2.33 bits per heavy atom. The van der Waals surface area contributed by atoms with Gasteiger partial charge in [0.2, 0.25) is 0 Å². The number of rotatable bonds is 1. The van der Waals surface area contributed by atoms with E-state index < -0.39 is 0 Å². The fourth-order valence-corrected chi connectivity index (χ4v) is 1.05. The first kappa shape index (κ1) is 7.03. The molecule has 1 fully saturated rings. The van der Waals surface area contributed by atoms with Gasteiger partial charge in [-0.3, -0.25) is 4.90 Å². The molecule has 0 unspecified atom stereocenters. The molecular weight excluding hydrogens is 112 g/mol. The Bertz CT molecular complexity index is 75.0. The Morgan fingerprint density at radius 1 is 1.56 bits per heavy atom. The van der Waals surface area contributed by atoms with Gasteiger partial charge in [0.25, 0.3) is 0 Å². The number of nitrogens with zero attached hydrogens (tertiary/aromatic N) is 1. The monoisotopic (exact) mass is 127 g/mol. The second kappa shape index (κ2) is 3.18. The maximum absolute atomic E-state index is 3.20. The summed E-state index contributed by atoms with van der Waals surface area (Å²) in [5, 5.41) is 3.20. The van der Waals surface area contributed by atoms with Crippen LogP contribution in [0.25, 0.3) is 0 Å². The molecule has 1 saturated heterocycles. The topological polar surface area (TPSA) is 15.3 Å². The fraction of sp³-hybridized carbons (Fsp3) is 0.857. The number of nitrogens with one attached hydrogen (secondary N) is 1. The van der Waals surface area contributed by atoms with Gasteiger partial charge in [-0.15, -0.1) is 0 Å². The van der Waals surface area contributed by atoms with Crippen molar-refractivity contribution in [1.82, 2.24) is 10.2 Å². The Morgan fingerprint density at radius 3 is 2.67 bits per heavy atom. The zero-order valence-corrected chi connectivity index (χ0v) is 6.22. The van der Waals surface area contributed by atoms with Gasteiger partial charge in [0.1, 0.15) is 0 Å². The highest BCUT2D eigenvalue weighted by Crippen LogP contribution is 1.99. The number of hydrogen-bond donors (Lipinski definition) is 1. The molecule has 0 aromatic rings. The van der Waals surface area contributed by atoms with Crippen LogP contribution >= 0.6 is 0 Å². The molecule has 2 heteroatoms. The van der Waals surface area contributed by atoms with E-state index in [2.05, 4.69) is 30.6 Å². The van der Waals surface area contributed by atoms with Crippen molar-refractivity contribution in [2.75, 3.05) is 19.6 Å². The SMILES string of the molecule is CC(C)N1C[CH]NCC1. The molecule has 0 spiro atoms. The molecule has 1 heterocycles. The maximum atomic E-state index is 3.20. The van der Waals surface area contributed by atoms with E-state index >= 15 is 0 Å². The third-order valence-electron chi connectivity index (χ3n) is 1.74. The van der Waals surface area contributed by atoms with E-state index in [9.17, 15) is 0 Å².